The standard InChI is InChI=1S/C18H18N2O6S2/c1-4-25-18(22)15-14(13(8-19)16(20)27-15)9-26-17(21)12-7-11(28(3,23)24)6-5-10(12)2/h5-7H,4,9,20H2,1-3H3. The molecule has 1 heterocycles. The van der Waals surface area contributed by atoms with Gasteiger partial charge in [-0.3, -0.25) is 0 Å². The highest BCUT2D eigenvalue weighted by molar-refractivity contribution is 7.90. The average molecular weight is 422 g/mol. The summed E-state index contributed by atoms with van der Waals surface area (Å²) in [7, 11) is -3.50. The van der Waals surface area contributed by atoms with Gasteiger partial charge in [0.05, 0.1) is 22.6 Å². The molecule has 0 fully saturated rings. The first-order valence-electron chi connectivity index (χ1n) is 8.06. The highest BCUT2D eigenvalue weighted by atomic mass is 32.2. The number of hydrogen-bond donors (Lipinski definition) is 1. The molecule has 0 aliphatic carbocycles. The van der Waals surface area contributed by atoms with E-state index in [2.05, 4.69) is 0 Å². The van der Waals surface area contributed by atoms with Gasteiger partial charge in [-0.05, 0) is 31.5 Å². The van der Waals surface area contributed by atoms with Gasteiger partial charge in [-0.25, -0.2) is 18.0 Å². The molecule has 2 rings (SSSR count). The highest BCUT2D eigenvalue weighted by Gasteiger charge is 2.24. The van der Waals surface area contributed by atoms with Crippen molar-refractivity contribution >= 4 is 38.1 Å². The highest BCUT2D eigenvalue weighted by Crippen LogP contribution is 2.32. The summed E-state index contributed by atoms with van der Waals surface area (Å²) in [6.45, 7) is 3.02. The van der Waals surface area contributed by atoms with Crippen LogP contribution in [0.2, 0.25) is 0 Å². The first-order chi connectivity index (χ1) is 13.1. The number of aryl methyl sites for hydroxylation is 1. The van der Waals surface area contributed by atoms with Crippen LogP contribution in [0.4, 0.5) is 5.00 Å². The molecule has 0 aliphatic heterocycles. The quantitative estimate of drug-likeness (QED) is 0.701. The maximum absolute atomic E-state index is 12.5. The molecule has 0 radical (unpaired) electrons. The van der Waals surface area contributed by atoms with Gasteiger partial charge in [0.2, 0.25) is 0 Å². The van der Waals surface area contributed by atoms with E-state index in [1.165, 1.54) is 18.2 Å². The van der Waals surface area contributed by atoms with Gasteiger partial charge in [0.25, 0.3) is 0 Å². The van der Waals surface area contributed by atoms with Crippen molar-refractivity contribution in [2.75, 3.05) is 18.6 Å². The lowest BCUT2D eigenvalue weighted by atomic mass is 10.1. The van der Waals surface area contributed by atoms with Crippen LogP contribution in [0, 0.1) is 18.3 Å². The summed E-state index contributed by atoms with van der Waals surface area (Å²) < 4.78 is 33.6. The second-order valence-corrected chi connectivity index (χ2v) is 8.87. The Labute approximate surface area is 166 Å². The number of hydrogen-bond acceptors (Lipinski definition) is 9. The van der Waals surface area contributed by atoms with Gasteiger partial charge < -0.3 is 15.2 Å². The topological polar surface area (TPSA) is 137 Å². The molecule has 0 spiro atoms. The van der Waals surface area contributed by atoms with Crippen LogP contribution in [0.5, 0.6) is 0 Å². The molecular formula is C18H18N2O6S2. The van der Waals surface area contributed by atoms with Crippen molar-refractivity contribution in [3.05, 3.63) is 45.3 Å². The maximum Gasteiger partial charge on any atom is 0.348 e. The summed E-state index contributed by atoms with van der Waals surface area (Å²) in [5.41, 5.74) is 6.58. The van der Waals surface area contributed by atoms with Gasteiger partial charge in [0, 0.05) is 11.8 Å². The van der Waals surface area contributed by atoms with Crippen LogP contribution in [-0.4, -0.2) is 33.2 Å². The number of sulfone groups is 1. The molecule has 0 saturated carbocycles. The first-order valence-corrected chi connectivity index (χ1v) is 10.8. The van der Waals surface area contributed by atoms with E-state index in [0.717, 1.165) is 17.6 Å². The number of nitrogens with two attached hydrogens (primary N) is 1. The monoisotopic (exact) mass is 422 g/mol. The van der Waals surface area contributed by atoms with Crippen molar-refractivity contribution < 1.29 is 27.5 Å². The molecule has 0 saturated heterocycles. The molecule has 0 amide bonds. The molecule has 1 aromatic carbocycles. The van der Waals surface area contributed by atoms with E-state index in [1.54, 1.807) is 13.8 Å². The molecule has 10 heteroatoms. The molecule has 0 bridgehead atoms. The van der Waals surface area contributed by atoms with E-state index >= 15 is 0 Å². The van der Waals surface area contributed by atoms with Crippen LogP contribution in [0.1, 0.15) is 43.6 Å². The number of rotatable bonds is 6. The molecule has 0 aliphatic rings. The lowest BCUT2D eigenvalue weighted by Gasteiger charge is -2.09. The molecule has 0 atom stereocenters. The second-order valence-electron chi connectivity index (χ2n) is 5.81. The van der Waals surface area contributed by atoms with Gasteiger partial charge in [-0.2, -0.15) is 5.26 Å². The Hall–Kier alpha value is -2.90. The summed E-state index contributed by atoms with van der Waals surface area (Å²) in [4.78, 5) is 24.6. The number of anilines is 1. The van der Waals surface area contributed by atoms with Gasteiger partial charge in [0.1, 0.15) is 22.6 Å². The fourth-order valence-corrected chi connectivity index (χ4v) is 3.94. The third kappa shape index (κ3) is 4.49. The third-order valence-electron chi connectivity index (χ3n) is 3.81. The zero-order valence-electron chi connectivity index (χ0n) is 15.4. The summed E-state index contributed by atoms with van der Waals surface area (Å²) in [6.07, 6.45) is 1.03. The van der Waals surface area contributed by atoms with Crippen molar-refractivity contribution in [2.45, 2.75) is 25.3 Å². The van der Waals surface area contributed by atoms with Gasteiger partial charge >= 0.3 is 11.9 Å². The Morgan fingerprint density at radius 1 is 1.25 bits per heavy atom. The number of ether oxygens (including phenoxy) is 2. The summed E-state index contributed by atoms with van der Waals surface area (Å²) in [5, 5.41) is 9.41. The predicted octanol–water partition coefficient (Wildman–Crippen LogP) is 2.45. The van der Waals surface area contributed by atoms with Crippen LogP contribution in [0.3, 0.4) is 0 Å². The number of benzene rings is 1. The van der Waals surface area contributed by atoms with Gasteiger partial charge in [-0.15, -0.1) is 11.3 Å². The van der Waals surface area contributed by atoms with Crippen LogP contribution in [0.25, 0.3) is 0 Å². The van der Waals surface area contributed by atoms with E-state index in [1.807, 2.05) is 6.07 Å². The predicted molar refractivity (Wildman–Crippen MR) is 103 cm³/mol. The van der Waals surface area contributed by atoms with Gasteiger partial charge in [0.15, 0.2) is 9.84 Å². The molecular weight excluding hydrogens is 404 g/mol. The molecule has 0 unspecified atom stereocenters. The SMILES string of the molecule is CCOC(=O)c1sc(N)c(C#N)c1COC(=O)c1cc(S(C)(=O)=O)ccc1C. The van der Waals surface area contributed by atoms with Crippen LogP contribution >= 0.6 is 11.3 Å². The van der Waals surface area contributed by atoms with Crippen LogP contribution in [-0.2, 0) is 25.9 Å². The molecule has 8 nitrogen and oxygen atoms in total. The number of nitrogen functional groups attached to an aromatic ring is 1. The van der Waals surface area contributed by atoms with Crippen molar-refractivity contribution in [1.82, 2.24) is 0 Å². The van der Waals surface area contributed by atoms with Crippen molar-refractivity contribution in [1.29, 1.82) is 5.26 Å². The third-order valence-corrected chi connectivity index (χ3v) is 5.96. The van der Waals surface area contributed by atoms with E-state index in [9.17, 15) is 23.3 Å². The Morgan fingerprint density at radius 3 is 2.50 bits per heavy atom. The molecule has 148 valence electrons. The number of carbonyl (C=O) groups is 2. The Morgan fingerprint density at radius 2 is 1.93 bits per heavy atom. The minimum absolute atomic E-state index is 0.0187. The van der Waals surface area contributed by atoms with Crippen molar-refractivity contribution in [3.63, 3.8) is 0 Å². The van der Waals surface area contributed by atoms with Crippen LogP contribution in [0.15, 0.2) is 23.1 Å². The van der Waals surface area contributed by atoms with E-state index in [-0.39, 0.29) is 44.7 Å². The van der Waals surface area contributed by atoms with Crippen molar-refractivity contribution in [2.24, 2.45) is 0 Å². The summed E-state index contributed by atoms with van der Waals surface area (Å²) in [5.74, 6) is -1.45. The number of nitrogens with zero attached hydrogens (tertiary/aromatic N) is 1. The summed E-state index contributed by atoms with van der Waals surface area (Å²) >= 11 is 0.880. The molecule has 28 heavy (non-hydrogen) atoms. The van der Waals surface area contributed by atoms with E-state index in [4.69, 9.17) is 15.2 Å². The Kier molecular flexibility index (Phi) is 6.43. The van der Waals surface area contributed by atoms with E-state index in [0.29, 0.717) is 5.56 Å². The number of carbonyl (C=O) groups excluding carboxylic acids is 2. The Balaban J connectivity index is 2.34. The lowest BCUT2D eigenvalue weighted by Crippen LogP contribution is -2.11. The average Bonchev–Trinajstić information content (AvgIpc) is 2.94. The number of esters is 2. The minimum atomic E-state index is -3.50. The van der Waals surface area contributed by atoms with E-state index < -0.39 is 21.8 Å². The minimum Gasteiger partial charge on any atom is -0.462 e. The smallest absolute Gasteiger partial charge is 0.348 e. The van der Waals surface area contributed by atoms with Crippen LogP contribution < -0.4 is 5.73 Å². The molecule has 1 aromatic heterocycles. The zero-order valence-corrected chi connectivity index (χ0v) is 17.1. The normalized spacial score (nSPS) is 10.9. The fourth-order valence-electron chi connectivity index (χ4n) is 2.37. The largest absolute Gasteiger partial charge is 0.462 e. The Bertz CT molecular complexity index is 1080. The second kappa shape index (κ2) is 8.41. The number of thiophene rings is 1. The first kappa shape index (κ1) is 21.4. The summed E-state index contributed by atoms with van der Waals surface area (Å²) in [6, 6.07) is 6.02. The number of nitriles is 1. The van der Waals surface area contributed by atoms with Gasteiger partial charge in [-0.1, -0.05) is 6.07 Å². The fraction of sp³-hybridized carbons (Fsp3) is 0.278. The maximum atomic E-state index is 12.5. The van der Waals surface area contributed by atoms with Crippen molar-refractivity contribution in [3.8, 4) is 6.07 Å². The molecule has 2 aromatic rings. The lowest BCUT2D eigenvalue weighted by molar-refractivity contribution is 0.0451. The zero-order chi connectivity index (χ0) is 21.1. The molecule has 2 N–H and O–H groups in total.